The Morgan fingerprint density at radius 3 is 2.55 bits per heavy atom. The van der Waals surface area contributed by atoms with E-state index in [0.717, 1.165) is 25.3 Å². The Labute approximate surface area is 204 Å². The molecule has 0 radical (unpaired) electrons. The third kappa shape index (κ3) is 12.9. The van der Waals surface area contributed by atoms with E-state index in [1.54, 1.807) is 0 Å². The molecule has 0 spiro atoms. The highest BCUT2D eigenvalue weighted by Crippen LogP contribution is 2.36. The monoisotopic (exact) mass is 445 g/mol. The van der Waals surface area contributed by atoms with Gasteiger partial charge in [-0.25, -0.2) is 0 Å². The number of hydrogen-bond donors (Lipinski definition) is 1. The lowest BCUT2D eigenvalue weighted by Gasteiger charge is -2.30. The van der Waals surface area contributed by atoms with Gasteiger partial charge in [-0.2, -0.15) is 0 Å². The van der Waals surface area contributed by atoms with Crippen LogP contribution in [-0.2, 0) is 0 Å². The van der Waals surface area contributed by atoms with Gasteiger partial charge in [0.2, 0.25) is 0 Å². The number of allylic oxidation sites excluding steroid dienone is 15. The van der Waals surface area contributed by atoms with Gasteiger partial charge in [-0.1, -0.05) is 106 Å². The molecule has 0 aromatic rings. The number of rotatable bonds is 17. The van der Waals surface area contributed by atoms with E-state index in [1.807, 2.05) is 30.4 Å². The highest BCUT2D eigenvalue weighted by Gasteiger charge is 2.24. The molecule has 1 aliphatic carbocycles. The van der Waals surface area contributed by atoms with Crippen molar-refractivity contribution < 1.29 is 0 Å². The summed E-state index contributed by atoms with van der Waals surface area (Å²) in [6.45, 7) is 16.8. The molecule has 0 amide bonds. The Balaban J connectivity index is 2.60. The van der Waals surface area contributed by atoms with Crippen molar-refractivity contribution in [1.82, 2.24) is 5.32 Å². The van der Waals surface area contributed by atoms with Gasteiger partial charge in [-0.3, -0.25) is 0 Å². The van der Waals surface area contributed by atoms with Gasteiger partial charge in [0.15, 0.2) is 0 Å². The first kappa shape index (κ1) is 28.5. The van der Waals surface area contributed by atoms with Crippen LogP contribution in [0.4, 0.5) is 0 Å². The van der Waals surface area contributed by atoms with Crippen molar-refractivity contribution in [2.45, 2.75) is 65.2 Å². The molecule has 1 rings (SSSR count). The summed E-state index contributed by atoms with van der Waals surface area (Å²) in [5, 5.41) is 3.48. The van der Waals surface area contributed by atoms with E-state index in [1.165, 1.54) is 49.8 Å². The predicted molar refractivity (Wildman–Crippen MR) is 150 cm³/mol. The molecule has 3 atom stereocenters. The lowest BCUT2D eigenvalue weighted by molar-refractivity contribution is 0.348. The Bertz CT molecular complexity index is 740. The third-order valence-corrected chi connectivity index (χ3v) is 6.47. The van der Waals surface area contributed by atoms with Gasteiger partial charge in [0, 0.05) is 12.2 Å². The Morgan fingerprint density at radius 1 is 1.00 bits per heavy atom. The SMILES string of the molecule is C=C/C=C\C=C/CC1CCC=C(/C=C\C=C)C1C/C=C\CCC(CC)CCN/C(C)=C/C=C. The third-order valence-electron chi connectivity index (χ3n) is 6.47. The summed E-state index contributed by atoms with van der Waals surface area (Å²) < 4.78 is 0. The molecule has 1 aliphatic rings. The van der Waals surface area contributed by atoms with Crippen molar-refractivity contribution in [2.24, 2.45) is 17.8 Å². The van der Waals surface area contributed by atoms with E-state index in [9.17, 15) is 0 Å². The summed E-state index contributed by atoms with van der Waals surface area (Å²) in [6.07, 6.45) is 37.3. The summed E-state index contributed by atoms with van der Waals surface area (Å²) >= 11 is 0. The van der Waals surface area contributed by atoms with Crippen LogP contribution in [0.25, 0.3) is 0 Å². The van der Waals surface area contributed by atoms with Crippen molar-refractivity contribution in [3.05, 3.63) is 110 Å². The van der Waals surface area contributed by atoms with Crippen LogP contribution in [0.1, 0.15) is 65.2 Å². The zero-order chi connectivity index (χ0) is 24.2. The van der Waals surface area contributed by atoms with Crippen molar-refractivity contribution >= 4 is 0 Å². The molecule has 0 bridgehead atoms. The lowest BCUT2D eigenvalue weighted by Crippen LogP contribution is -2.19. The number of nitrogens with one attached hydrogen (secondary N) is 1. The first-order valence-electron chi connectivity index (χ1n) is 12.8. The van der Waals surface area contributed by atoms with Crippen LogP contribution in [0.3, 0.4) is 0 Å². The molecule has 0 aromatic heterocycles. The van der Waals surface area contributed by atoms with E-state index in [-0.39, 0.29) is 0 Å². The van der Waals surface area contributed by atoms with Gasteiger partial charge in [0.05, 0.1) is 0 Å². The van der Waals surface area contributed by atoms with Crippen LogP contribution in [0, 0.1) is 17.8 Å². The quantitative estimate of drug-likeness (QED) is 0.174. The van der Waals surface area contributed by atoms with E-state index in [2.05, 4.69) is 87.5 Å². The minimum Gasteiger partial charge on any atom is -0.389 e. The smallest absolute Gasteiger partial charge is 0.0146 e. The zero-order valence-corrected chi connectivity index (χ0v) is 21.2. The molecular formula is C32H47N. The highest BCUT2D eigenvalue weighted by molar-refractivity contribution is 5.28. The van der Waals surface area contributed by atoms with Gasteiger partial charge in [-0.05, 0) is 81.3 Å². The average molecular weight is 446 g/mol. The van der Waals surface area contributed by atoms with Crippen LogP contribution in [0.5, 0.6) is 0 Å². The standard InChI is InChI=1S/C32H47N/c1-6-10-12-13-16-22-31-24-18-23-30(21-11-7-2)32(31)25-17-14-15-20-29(9-4)26-27-33-28(5)19-8-3/h6-8,10-14,16-17,19,21,23,29,31-33H,1-3,9,15,18,20,22,24-27H2,4-5H3/b12-10-,16-13-,17-14-,21-11-,28-19+. The zero-order valence-electron chi connectivity index (χ0n) is 21.2. The largest absolute Gasteiger partial charge is 0.389 e. The molecule has 0 saturated carbocycles. The van der Waals surface area contributed by atoms with Crippen molar-refractivity contribution in [2.75, 3.05) is 6.54 Å². The van der Waals surface area contributed by atoms with E-state index in [0.29, 0.717) is 11.8 Å². The number of hydrogen-bond acceptors (Lipinski definition) is 1. The lowest BCUT2D eigenvalue weighted by atomic mass is 9.74. The molecule has 1 nitrogen and oxygen atoms in total. The topological polar surface area (TPSA) is 12.0 Å². The second-order valence-corrected chi connectivity index (χ2v) is 8.89. The molecular weight excluding hydrogens is 398 g/mol. The predicted octanol–water partition coefficient (Wildman–Crippen LogP) is 9.19. The maximum Gasteiger partial charge on any atom is 0.0146 e. The first-order chi connectivity index (χ1) is 16.2. The Morgan fingerprint density at radius 2 is 1.82 bits per heavy atom. The molecule has 3 unspecified atom stereocenters. The summed E-state index contributed by atoms with van der Waals surface area (Å²) in [5.41, 5.74) is 2.68. The minimum absolute atomic E-state index is 0.588. The van der Waals surface area contributed by atoms with Crippen LogP contribution in [0.2, 0.25) is 0 Å². The summed E-state index contributed by atoms with van der Waals surface area (Å²) in [6, 6.07) is 0. The molecule has 0 fully saturated rings. The second kappa shape index (κ2) is 19.0. The van der Waals surface area contributed by atoms with Crippen molar-refractivity contribution in [3.8, 4) is 0 Å². The molecule has 1 N–H and O–H groups in total. The van der Waals surface area contributed by atoms with Gasteiger partial charge in [-0.15, -0.1) is 0 Å². The van der Waals surface area contributed by atoms with Crippen molar-refractivity contribution in [3.63, 3.8) is 0 Å². The summed E-state index contributed by atoms with van der Waals surface area (Å²) in [5.74, 6) is 2.06. The molecule has 33 heavy (non-hydrogen) atoms. The van der Waals surface area contributed by atoms with Crippen LogP contribution >= 0.6 is 0 Å². The van der Waals surface area contributed by atoms with E-state index < -0.39 is 0 Å². The van der Waals surface area contributed by atoms with Crippen molar-refractivity contribution in [1.29, 1.82) is 0 Å². The second-order valence-electron chi connectivity index (χ2n) is 8.89. The van der Waals surface area contributed by atoms with E-state index in [4.69, 9.17) is 0 Å². The fraction of sp³-hybridized carbons (Fsp3) is 0.438. The average Bonchev–Trinajstić information content (AvgIpc) is 2.82. The van der Waals surface area contributed by atoms with Crippen LogP contribution < -0.4 is 5.32 Å². The highest BCUT2D eigenvalue weighted by atomic mass is 14.9. The maximum atomic E-state index is 3.85. The normalized spacial score (nSPS) is 20.5. The first-order valence-corrected chi connectivity index (χ1v) is 12.8. The molecule has 1 heteroatoms. The summed E-state index contributed by atoms with van der Waals surface area (Å²) in [7, 11) is 0. The fourth-order valence-electron chi connectivity index (χ4n) is 4.50. The molecule has 0 aliphatic heterocycles. The molecule has 180 valence electrons. The summed E-state index contributed by atoms with van der Waals surface area (Å²) in [4.78, 5) is 0. The van der Waals surface area contributed by atoms with Crippen LogP contribution in [-0.4, -0.2) is 6.54 Å². The molecule has 0 aromatic carbocycles. The van der Waals surface area contributed by atoms with Gasteiger partial charge in [0.1, 0.15) is 0 Å². The maximum absolute atomic E-state index is 3.85. The van der Waals surface area contributed by atoms with Gasteiger partial charge < -0.3 is 5.32 Å². The fourth-order valence-corrected chi connectivity index (χ4v) is 4.50. The Hall–Kier alpha value is -2.54. The van der Waals surface area contributed by atoms with Gasteiger partial charge >= 0.3 is 0 Å². The van der Waals surface area contributed by atoms with Gasteiger partial charge in [0.25, 0.3) is 0 Å². The molecule has 0 heterocycles. The minimum atomic E-state index is 0.588. The van der Waals surface area contributed by atoms with Crippen LogP contribution in [0.15, 0.2) is 110 Å². The van der Waals surface area contributed by atoms with E-state index >= 15 is 0 Å². The molecule has 0 saturated heterocycles. The Kier molecular flexibility index (Phi) is 16.4.